The number of aliphatic hydroxyl groups is 4. The Balaban J connectivity index is 2.42. The Labute approximate surface area is 410 Å². The zero-order valence-corrected chi connectivity index (χ0v) is 43.5. The molecule has 0 aromatic heterocycles. The van der Waals surface area contributed by atoms with Crippen LogP contribution >= 0.6 is 0 Å². The van der Waals surface area contributed by atoms with Crippen LogP contribution in [0.3, 0.4) is 0 Å². The molecule has 0 bridgehead atoms. The third kappa shape index (κ3) is 37.1. The summed E-state index contributed by atoms with van der Waals surface area (Å²) in [7, 11) is -5.09. The number of hydrogen-bond donors (Lipinski definition) is 6. The van der Waals surface area contributed by atoms with Gasteiger partial charge in [0.05, 0.1) is 25.4 Å². The number of amides is 1. The van der Waals surface area contributed by atoms with Crippen LogP contribution < -0.4 is 5.32 Å². The quantitative estimate of drug-likeness (QED) is 0.0193. The van der Waals surface area contributed by atoms with Gasteiger partial charge in [0.1, 0.15) is 24.4 Å². The Hall–Kier alpha value is -1.42. The van der Waals surface area contributed by atoms with E-state index in [0.29, 0.717) is 6.42 Å². The van der Waals surface area contributed by atoms with Gasteiger partial charge in [-0.05, 0) is 44.9 Å². The van der Waals surface area contributed by atoms with E-state index in [1.165, 1.54) is 186 Å². The maximum absolute atomic E-state index is 13.1. The molecule has 0 aliphatic carbocycles. The van der Waals surface area contributed by atoms with E-state index in [1.54, 1.807) is 6.08 Å². The van der Waals surface area contributed by atoms with E-state index in [4.69, 9.17) is 9.47 Å². The van der Waals surface area contributed by atoms with E-state index in [1.807, 2.05) is 6.08 Å². The minimum atomic E-state index is -5.09. The normalized spacial score (nSPS) is 20.0. The average Bonchev–Trinajstić information content (AvgIpc) is 3.30. The number of aliphatic hydroxyl groups excluding tert-OH is 4. The van der Waals surface area contributed by atoms with Crippen LogP contribution in [0.1, 0.15) is 258 Å². The van der Waals surface area contributed by atoms with Crippen molar-refractivity contribution in [2.45, 2.75) is 301 Å². The van der Waals surface area contributed by atoms with E-state index in [9.17, 15) is 38.2 Å². The van der Waals surface area contributed by atoms with Crippen molar-refractivity contribution >= 4 is 16.3 Å². The average molecular weight is 974 g/mol. The van der Waals surface area contributed by atoms with Gasteiger partial charge in [-0.3, -0.25) is 9.35 Å². The Morgan fingerprint density at radius 3 is 1.34 bits per heavy atom. The molecule has 6 N–H and O–H groups in total. The fourth-order valence-electron chi connectivity index (χ4n) is 8.92. The highest BCUT2D eigenvalue weighted by molar-refractivity contribution is 7.80. The van der Waals surface area contributed by atoms with Gasteiger partial charge >= 0.3 is 10.4 Å². The van der Waals surface area contributed by atoms with Crippen molar-refractivity contribution < 1.29 is 51.8 Å². The number of ether oxygens (including phenoxy) is 2. The van der Waals surface area contributed by atoms with Crippen molar-refractivity contribution in [3.63, 3.8) is 0 Å². The molecule has 1 amide bonds. The molecule has 1 aliphatic heterocycles. The predicted octanol–water partition coefficient (Wildman–Crippen LogP) is 12.5. The molecule has 13 heteroatoms. The molecule has 1 fully saturated rings. The van der Waals surface area contributed by atoms with Crippen molar-refractivity contribution in [3.05, 3.63) is 24.3 Å². The number of rotatable bonds is 48. The van der Waals surface area contributed by atoms with E-state index in [-0.39, 0.29) is 18.9 Å². The van der Waals surface area contributed by atoms with Gasteiger partial charge in [0.2, 0.25) is 5.91 Å². The second-order valence-electron chi connectivity index (χ2n) is 19.5. The maximum atomic E-state index is 13.1. The zero-order valence-electron chi connectivity index (χ0n) is 42.7. The monoisotopic (exact) mass is 974 g/mol. The molecule has 1 aliphatic rings. The van der Waals surface area contributed by atoms with Gasteiger partial charge in [-0.1, -0.05) is 231 Å². The summed E-state index contributed by atoms with van der Waals surface area (Å²) in [5.74, 6) is -0.264. The summed E-state index contributed by atoms with van der Waals surface area (Å²) in [5, 5.41) is 44.9. The highest BCUT2D eigenvalue weighted by atomic mass is 32.3. The lowest BCUT2D eigenvalue weighted by molar-refractivity contribution is -0.298. The maximum Gasteiger partial charge on any atom is 0.397 e. The summed E-state index contributed by atoms with van der Waals surface area (Å²) in [6.07, 6.45) is 45.0. The second-order valence-corrected chi connectivity index (χ2v) is 20.6. The Bertz CT molecular complexity index is 1280. The van der Waals surface area contributed by atoms with Gasteiger partial charge in [-0.25, -0.2) is 4.18 Å². The molecular formula is C54H103NO11S. The lowest BCUT2D eigenvalue weighted by atomic mass is 9.99. The number of allylic oxidation sites excluding steroid dienone is 3. The van der Waals surface area contributed by atoms with Crippen molar-refractivity contribution in [1.82, 2.24) is 5.32 Å². The number of carbonyl (C=O) groups is 1. The minimum Gasteiger partial charge on any atom is -0.394 e. The molecule has 0 aromatic rings. The summed E-state index contributed by atoms with van der Waals surface area (Å²) < 4.78 is 47.8. The first-order chi connectivity index (χ1) is 32.5. The highest BCUT2D eigenvalue weighted by Gasteiger charge is 2.48. The van der Waals surface area contributed by atoms with Crippen molar-refractivity contribution in [3.8, 4) is 0 Å². The molecule has 396 valence electrons. The Morgan fingerprint density at radius 2 is 0.955 bits per heavy atom. The predicted molar refractivity (Wildman–Crippen MR) is 273 cm³/mol. The molecule has 0 spiro atoms. The standard InChI is InChI=1S/C54H103NO11S/c1-3-5-7-9-11-13-15-17-19-21-23-24-26-27-29-31-33-35-37-39-41-43-48(57)47(46-64-54-52(60)53(66-67(61,62)63)51(59)49(45-56)65-54)55-50(58)44-42-40-38-36-34-32-30-28-25-22-20-18-16-14-12-10-8-6-4-2/h22,25,41,43,47-49,51-54,56-57,59-60H,3-21,23-24,26-40,42,44-46H2,1-2H3,(H,55,58)(H,61,62,63)/b25-22-,43-41+. The van der Waals surface area contributed by atoms with Crippen LogP contribution in [0, 0.1) is 0 Å². The van der Waals surface area contributed by atoms with Gasteiger partial charge in [-0.2, -0.15) is 8.42 Å². The summed E-state index contributed by atoms with van der Waals surface area (Å²) >= 11 is 0. The first-order valence-corrected chi connectivity index (χ1v) is 29.1. The molecule has 0 saturated carbocycles. The molecule has 1 heterocycles. The number of unbranched alkanes of at least 4 members (excludes halogenated alkanes) is 34. The van der Waals surface area contributed by atoms with E-state index in [2.05, 4.69) is 35.5 Å². The Kier molecular flexibility index (Phi) is 42.3. The number of hydrogen-bond acceptors (Lipinski definition) is 10. The molecule has 67 heavy (non-hydrogen) atoms. The van der Waals surface area contributed by atoms with Gasteiger partial charge < -0.3 is 35.2 Å². The fourth-order valence-corrected chi connectivity index (χ4v) is 9.43. The largest absolute Gasteiger partial charge is 0.397 e. The fraction of sp³-hybridized carbons (Fsp3) is 0.907. The zero-order chi connectivity index (χ0) is 49.1. The van der Waals surface area contributed by atoms with Crippen molar-refractivity contribution in [1.29, 1.82) is 0 Å². The van der Waals surface area contributed by atoms with Crippen molar-refractivity contribution in [2.75, 3.05) is 13.2 Å². The summed E-state index contributed by atoms with van der Waals surface area (Å²) in [6, 6.07) is -0.945. The van der Waals surface area contributed by atoms with Crippen molar-refractivity contribution in [2.24, 2.45) is 0 Å². The molecular weight excluding hydrogens is 871 g/mol. The third-order valence-corrected chi connectivity index (χ3v) is 13.7. The molecule has 1 rings (SSSR count). The second kappa shape index (κ2) is 44.5. The molecule has 0 radical (unpaired) electrons. The Morgan fingerprint density at radius 1 is 0.582 bits per heavy atom. The van der Waals surface area contributed by atoms with Crippen LogP contribution in [0.15, 0.2) is 24.3 Å². The smallest absolute Gasteiger partial charge is 0.394 e. The van der Waals surface area contributed by atoms with Crippen LogP contribution in [0.5, 0.6) is 0 Å². The van der Waals surface area contributed by atoms with Crippen LogP contribution in [0.25, 0.3) is 0 Å². The summed E-state index contributed by atoms with van der Waals surface area (Å²) in [6.45, 7) is 3.42. The molecule has 12 nitrogen and oxygen atoms in total. The SMILES string of the molecule is CCCCCCCCCC/C=C\CCCCCCCCCC(=O)NC(COC1OC(CO)C(O)C(OS(=O)(=O)O)C1O)C(O)/C=C/CCCCCCCCCCCCCCCCCCCCC. The van der Waals surface area contributed by atoms with E-state index in [0.717, 1.165) is 44.9 Å². The lowest BCUT2D eigenvalue weighted by Gasteiger charge is -2.41. The number of carbonyl (C=O) groups excluding carboxylic acids is 1. The third-order valence-electron chi connectivity index (χ3n) is 13.2. The summed E-state index contributed by atoms with van der Waals surface area (Å²) in [4.78, 5) is 13.1. The highest BCUT2D eigenvalue weighted by Crippen LogP contribution is 2.26. The number of nitrogens with one attached hydrogen (secondary N) is 1. The van der Waals surface area contributed by atoms with Crippen LogP contribution in [-0.2, 0) is 28.9 Å². The first-order valence-electron chi connectivity index (χ1n) is 27.7. The van der Waals surface area contributed by atoms with Gasteiger partial charge in [0.25, 0.3) is 0 Å². The molecule has 1 saturated heterocycles. The topological polar surface area (TPSA) is 192 Å². The van der Waals surface area contributed by atoms with E-state index >= 15 is 0 Å². The lowest BCUT2D eigenvalue weighted by Crippen LogP contribution is -2.61. The van der Waals surface area contributed by atoms with Crippen LogP contribution in [0.2, 0.25) is 0 Å². The summed E-state index contributed by atoms with van der Waals surface area (Å²) in [5.41, 5.74) is 0. The van der Waals surface area contributed by atoms with Crippen LogP contribution in [-0.4, -0.2) is 95.4 Å². The first kappa shape index (κ1) is 63.6. The van der Waals surface area contributed by atoms with Gasteiger partial charge in [-0.15, -0.1) is 0 Å². The molecule has 7 atom stereocenters. The minimum absolute atomic E-state index is 0.264. The molecule has 0 aromatic carbocycles. The van der Waals surface area contributed by atoms with Gasteiger partial charge in [0.15, 0.2) is 6.29 Å². The van der Waals surface area contributed by atoms with Gasteiger partial charge in [0, 0.05) is 6.42 Å². The molecule has 7 unspecified atom stereocenters. The van der Waals surface area contributed by atoms with E-state index < -0.39 is 59.9 Å². The van der Waals surface area contributed by atoms with Crippen LogP contribution in [0.4, 0.5) is 0 Å².